The molecule has 0 aromatic heterocycles. The number of carbonyl (C=O) groups excluding carboxylic acids is 2. The van der Waals surface area contributed by atoms with Gasteiger partial charge in [-0.05, 0) is 36.8 Å². The van der Waals surface area contributed by atoms with Gasteiger partial charge in [0.15, 0.2) is 0 Å². The van der Waals surface area contributed by atoms with Gasteiger partial charge in [0.1, 0.15) is 11.5 Å². The van der Waals surface area contributed by atoms with Crippen molar-refractivity contribution in [2.24, 2.45) is 0 Å². The molecule has 2 amide bonds. The summed E-state index contributed by atoms with van der Waals surface area (Å²) in [6.45, 7) is 6.99. The summed E-state index contributed by atoms with van der Waals surface area (Å²) in [6, 6.07) is 17.4. The Morgan fingerprint density at radius 3 is 2.07 bits per heavy atom. The van der Waals surface area contributed by atoms with Gasteiger partial charge in [-0.15, -0.1) is 0 Å². The average molecular weight is 411 g/mol. The lowest BCUT2D eigenvalue weighted by Gasteiger charge is -2.33. The largest absolute Gasteiger partial charge is 0.457 e. The molecule has 3 rings (SSSR count). The lowest BCUT2D eigenvalue weighted by molar-refractivity contribution is -0.125. The molecule has 1 aliphatic rings. The number of piperazine rings is 1. The Balaban J connectivity index is 1.39. The predicted octanol–water partition coefficient (Wildman–Crippen LogP) is 1.85. The SMILES string of the molecule is CCNC(=O)CN1CCN(CC(=O)NCc2cccc(Oc3ccccc3)c2)CC1. The molecule has 160 valence electrons. The minimum atomic E-state index is 0.00144. The summed E-state index contributed by atoms with van der Waals surface area (Å²) in [5.41, 5.74) is 0.989. The molecule has 0 radical (unpaired) electrons. The maximum atomic E-state index is 12.3. The van der Waals surface area contributed by atoms with Crippen LogP contribution in [0.1, 0.15) is 12.5 Å². The van der Waals surface area contributed by atoms with Crippen molar-refractivity contribution >= 4 is 11.8 Å². The van der Waals surface area contributed by atoms with Gasteiger partial charge in [-0.2, -0.15) is 0 Å². The Hall–Kier alpha value is -2.90. The third-order valence-electron chi connectivity index (χ3n) is 4.94. The van der Waals surface area contributed by atoms with Crippen LogP contribution in [-0.2, 0) is 16.1 Å². The van der Waals surface area contributed by atoms with Crippen LogP contribution in [-0.4, -0.2) is 67.4 Å². The molecular formula is C23H30N4O3. The first kappa shape index (κ1) is 21.8. The van der Waals surface area contributed by atoms with Crippen molar-refractivity contribution in [3.8, 4) is 11.5 Å². The number of nitrogens with zero attached hydrogens (tertiary/aromatic N) is 2. The highest BCUT2D eigenvalue weighted by molar-refractivity contribution is 5.78. The molecule has 1 saturated heterocycles. The first-order valence-corrected chi connectivity index (χ1v) is 10.4. The van der Waals surface area contributed by atoms with Gasteiger partial charge in [-0.25, -0.2) is 0 Å². The normalized spacial score (nSPS) is 14.8. The number of amides is 2. The van der Waals surface area contributed by atoms with Crippen LogP contribution in [0.25, 0.3) is 0 Å². The van der Waals surface area contributed by atoms with Crippen molar-refractivity contribution in [1.82, 2.24) is 20.4 Å². The Morgan fingerprint density at radius 1 is 0.833 bits per heavy atom. The van der Waals surface area contributed by atoms with Gasteiger partial charge in [-0.1, -0.05) is 30.3 Å². The fourth-order valence-corrected chi connectivity index (χ4v) is 3.36. The number of nitrogens with one attached hydrogen (secondary N) is 2. The fourth-order valence-electron chi connectivity index (χ4n) is 3.36. The minimum absolute atomic E-state index is 0.00144. The van der Waals surface area contributed by atoms with Crippen LogP contribution in [0.5, 0.6) is 11.5 Å². The van der Waals surface area contributed by atoms with Gasteiger partial charge in [0.2, 0.25) is 11.8 Å². The van der Waals surface area contributed by atoms with Crippen molar-refractivity contribution in [3.63, 3.8) is 0 Å². The van der Waals surface area contributed by atoms with Crippen LogP contribution in [0.2, 0.25) is 0 Å². The Kier molecular flexibility index (Phi) is 8.23. The van der Waals surface area contributed by atoms with E-state index in [9.17, 15) is 9.59 Å². The second-order valence-corrected chi connectivity index (χ2v) is 7.35. The zero-order valence-corrected chi connectivity index (χ0v) is 17.5. The quantitative estimate of drug-likeness (QED) is 0.660. The molecule has 30 heavy (non-hydrogen) atoms. The zero-order valence-electron chi connectivity index (χ0n) is 17.5. The Bertz CT molecular complexity index is 820. The summed E-state index contributed by atoms with van der Waals surface area (Å²) in [5.74, 6) is 1.59. The van der Waals surface area contributed by atoms with Gasteiger partial charge in [0, 0.05) is 39.3 Å². The van der Waals surface area contributed by atoms with E-state index in [0.717, 1.165) is 43.2 Å². The van der Waals surface area contributed by atoms with Gasteiger partial charge < -0.3 is 15.4 Å². The number of hydrogen-bond acceptors (Lipinski definition) is 5. The molecule has 2 N–H and O–H groups in total. The van der Waals surface area contributed by atoms with Crippen molar-refractivity contribution in [2.45, 2.75) is 13.5 Å². The van der Waals surface area contributed by atoms with E-state index < -0.39 is 0 Å². The number of para-hydroxylation sites is 1. The summed E-state index contributed by atoms with van der Waals surface area (Å²) in [4.78, 5) is 28.3. The van der Waals surface area contributed by atoms with E-state index in [-0.39, 0.29) is 11.8 Å². The van der Waals surface area contributed by atoms with E-state index in [2.05, 4.69) is 20.4 Å². The maximum Gasteiger partial charge on any atom is 0.234 e. The third-order valence-corrected chi connectivity index (χ3v) is 4.94. The molecule has 0 atom stereocenters. The molecular weight excluding hydrogens is 380 g/mol. The predicted molar refractivity (Wildman–Crippen MR) is 116 cm³/mol. The lowest BCUT2D eigenvalue weighted by Crippen LogP contribution is -2.51. The van der Waals surface area contributed by atoms with E-state index in [4.69, 9.17) is 4.74 Å². The monoisotopic (exact) mass is 410 g/mol. The topological polar surface area (TPSA) is 73.9 Å². The van der Waals surface area contributed by atoms with Crippen LogP contribution in [0.4, 0.5) is 0 Å². The molecule has 1 heterocycles. The Labute approximate surface area is 178 Å². The van der Waals surface area contributed by atoms with Crippen LogP contribution in [0.15, 0.2) is 54.6 Å². The summed E-state index contributed by atoms with van der Waals surface area (Å²) < 4.78 is 5.85. The Morgan fingerprint density at radius 2 is 1.43 bits per heavy atom. The lowest BCUT2D eigenvalue weighted by atomic mass is 10.2. The molecule has 0 unspecified atom stereocenters. The number of ether oxygens (including phenoxy) is 1. The summed E-state index contributed by atoms with van der Waals surface area (Å²) in [6.07, 6.45) is 0. The highest BCUT2D eigenvalue weighted by Gasteiger charge is 2.20. The third kappa shape index (κ3) is 7.17. The number of benzene rings is 2. The first-order chi connectivity index (χ1) is 14.6. The van der Waals surface area contributed by atoms with E-state index in [1.807, 2.05) is 61.5 Å². The van der Waals surface area contributed by atoms with Crippen molar-refractivity contribution < 1.29 is 14.3 Å². The molecule has 7 nitrogen and oxygen atoms in total. The second-order valence-electron chi connectivity index (χ2n) is 7.35. The number of hydrogen-bond donors (Lipinski definition) is 2. The van der Waals surface area contributed by atoms with Gasteiger partial charge >= 0.3 is 0 Å². The minimum Gasteiger partial charge on any atom is -0.457 e. The van der Waals surface area contributed by atoms with Crippen LogP contribution in [0, 0.1) is 0 Å². The number of carbonyl (C=O) groups is 2. The molecule has 7 heteroatoms. The molecule has 1 aliphatic heterocycles. The molecule has 2 aromatic rings. The van der Waals surface area contributed by atoms with E-state index in [0.29, 0.717) is 26.2 Å². The van der Waals surface area contributed by atoms with E-state index in [1.165, 1.54) is 0 Å². The summed E-state index contributed by atoms with van der Waals surface area (Å²) in [7, 11) is 0. The summed E-state index contributed by atoms with van der Waals surface area (Å²) in [5, 5.41) is 5.80. The van der Waals surface area contributed by atoms with Crippen LogP contribution < -0.4 is 15.4 Å². The van der Waals surface area contributed by atoms with Gasteiger partial charge in [-0.3, -0.25) is 19.4 Å². The highest BCUT2D eigenvalue weighted by atomic mass is 16.5. The molecule has 0 aliphatic carbocycles. The number of likely N-dealkylation sites (N-methyl/N-ethyl adjacent to an activating group) is 1. The molecule has 2 aromatic carbocycles. The van der Waals surface area contributed by atoms with Gasteiger partial charge in [0.05, 0.1) is 13.1 Å². The zero-order chi connectivity index (χ0) is 21.2. The van der Waals surface area contributed by atoms with Gasteiger partial charge in [0.25, 0.3) is 0 Å². The standard InChI is InChI=1S/C23H30N4O3/c1-2-24-22(28)17-26-11-13-27(14-12-26)18-23(29)25-16-19-7-6-10-21(15-19)30-20-8-4-3-5-9-20/h3-10,15H,2,11-14,16-18H2,1H3,(H,24,28)(H,25,29). The second kappa shape index (κ2) is 11.3. The fraction of sp³-hybridized carbons (Fsp3) is 0.391. The molecule has 0 bridgehead atoms. The van der Waals surface area contributed by atoms with Crippen molar-refractivity contribution in [3.05, 3.63) is 60.2 Å². The molecule has 0 spiro atoms. The number of rotatable bonds is 9. The average Bonchev–Trinajstić information content (AvgIpc) is 2.75. The molecule has 0 saturated carbocycles. The first-order valence-electron chi connectivity index (χ1n) is 10.4. The molecule has 1 fully saturated rings. The maximum absolute atomic E-state index is 12.3. The summed E-state index contributed by atoms with van der Waals surface area (Å²) >= 11 is 0. The van der Waals surface area contributed by atoms with Crippen molar-refractivity contribution in [2.75, 3.05) is 45.8 Å². The van der Waals surface area contributed by atoms with Crippen LogP contribution in [0.3, 0.4) is 0 Å². The van der Waals surface area contributed by atoms with E-state index >= 15 is 0 Å². The van der Waals surface area contributed by atoms with Crippen molar-refractivity contribution in [1.29, 1.82) is 0 Å². The smallest absolute Gasteiger partial charge is 0.234 e. The van der Waals surface area contributed by atoms with E-state index in [1.54, 1.807) is 0 Å². The highest BCUT2D eigenvalue weighted by Crippen LogP contribution is 2.21. The van der Waals surface area contributed by atoms with Crippen LogP contribution >= 0.6 is 0 Å².